The van der Waals surface area contributed by atoms with Crippen molar-refractivity contribution in [2.24, 2.45) is 0 Å². The number of halogens is 1. The third kappa shape index (κ3) is 3.16. The Balaban J connectivity index is 2.22. The maximum absolute atomic E-state index is 11.8. The molecule has 6 heteroatoms. The van der Waals surface area contributed by atoms with Crippen LogP contribution in [0.4, 0.5) is 5.69 Å². The van der Waals surface area contributed by atoms with Crippen LogP contribution in [0, 0.1) is 0 Å². The number of anilines is 1. The minimum absolute atomic E-state index is 0.131. The van der Waals surface area contributed by atoms with Gasteiger partial charge in [0.15, 0.2) is 0 Å². The van der Waals surface area contributed by atoms with Crippen molar-refractivity contribution in [3.05, 3.63) is 51.1 Å². The van der Waals surface area contributed by atoms with E-state index in [0.29, 0.717) is 6.54 Å². The highest BCUT2D eigenvalue weighted by Crippen LogP contribution is 2.10. The topological polar surface area (TPSA) is 59.8 Å². The summed E-state index contributed by atoms with van der Waals surface area (Å²) in [7, 11) is 0. The Labute approximate surface area is 113 Å². The maximum Gasteiger partial charge on any atom is 0.269 e. The number of nitrogens with one attached hydrogen (secondary N) is 1. The summed E-state index contributed by atoms with van der Waals surface area (Å²) in [5.41, 5.74) is 1.54. The molecule has 0 fully saturated rings. The fourth-order valence-corrected chi connectivity index (χ4v) is 1.98. The number of rotatable bonds is 4. The van der Waals surface area contributed by atoms with Gasteiger partial charge in [-0.2, -0.15) is 5.10 Å². The summed E-state index contributed by atoms with van der Waals surface area (Å²) in [4.78, 5) is 15.9. The number of aromatic nitrogens is 3. The third-order valence-electron chi connectivity index (χ3n) is 2.34. The Kier molecular flexibility index (Phi) is 4.09. The van der Waals surface area contributed by atoms with Gasteiger partial charge in [-0.15, -0.1) is 0 Å². The van der Waals surface area contributed by atoms with Gasteiger partial charge >= 0.3 is 0 Å². The lowest BCUT2D eigenvalue weighted by atomic mass is 10.3. The molecule has 1 N–H and O–H groups in total. The van der Waals surface area contributed by atoms with E-state index in [9.17, 15) is 4.79 Å². The van der Waals surface area contributed by atoms with Crippen LogP contribution < -0.4 is 10.9 Å². The van der Waals surface area contributed by atoms with Gasteiger partial charge in [0.25, 0.3) is 5.56 Å². The average Bonchev–Trinajstić information content (AvgIpc) is 2.33. The van der Waals surface area contributed by atoms with Crippen LogP contribution in [-0.2, 0) is 6.54 Å². The molecular formula is C12H13BrN4O. The van der Waals surface area contributed by atoms with Crippen LogP contribution in [0.3, 0.4) is 0 Å². The molecule has 2 aromatic rings. The summed E-state index contributed by atoms with van der Waals surface area (Å²) in [6.07, 6.45) is 5.07. The number of nitrogens with zero attached hydrogens (tertiary/aromatic N) is 3. The van der Waals surface area contributed by atoms with Crippen molar-refractivity contribution in [1.82, 2.24) is 14.8 Å². The van der Waals surface area contributed by atoms with E-state index < -0.39 is 0 Å². The average molecular weight is 309 g/mol. The molecule has 18 heavy (non-hydrogen) atoms. The molecule has 0 spiro atoms. The van der Waals surface area contributed by atoms with Gasteiger partial charge in [0.2, 0.25) is 0 Å². The van der Waals surface area contributed by atoms with Crippen molar-refractivity contribution in [3.8, 4) is 0 Å². The van der Waals surface area contributed by atoms with E-state index in [4.69, 9.17) is 0 Å². The minimum Gasteiger partial charge on any atom is -0.384 e. The standard InChI is InChI=1S/C12H13BrN4O/c1-2-15-11-4-12(18)17(16-7-11)8-9-3-10(13)6-14-5-9/h3-7,15H,2,8H2,1H3. The molecule has 2 aromatic heterocycles. The largest absolute Gasteiger partial charge is 0.384 e. The van der Waals surface area contributed by atoms with Crippen LogP contribution in [-0.4, -0.2) is 21.3 Å². The third-order valence-corrected chi connectivity index (χ3v) is 2.78. The second-order valence-corrected chi connectivity index (χ2v) is 4.70. The summed E-state index contributed by atoms with van der Waals surface area (Å²) in [5.74, 6) is 0. The molecule has 94 valence electrons. The first-order valence-electron chi connectivity index (χ1n) is 5.59. The van der Waals surface area contributed by atoms with Gasteiger partial charge in [-0.05, 0) is 34.5 Å². The normalized spacial score (nSPS) is 10.3. The quantitative estimate of drug-likeness (QED) is 0.937. The predicted octanol–water partition coefficient (Wildman–Crippen LogP) is 1.88. The SMILES string of the molecule is CCNc1cnn(Cc2cncc(Br)c2)c(=O)c1. The van der Waals surface area contributed by atoms with Crippen molar-refractivity contribution >= 4 is 21.6 Å². The minimum atomic E-state index is -0.131. The van der Waals surface area contributed by atoms with Crippen LogP contribution in [0.2, 0.25) is 0 Å². The van der Waals surface area contributed by atoms with Crippen molar-refractivity contribution in [2.75, 3.05) is 11.9 Å². The summed E-state index contributed by atoms with van der Waals surface area (Å²) in [6.45, 7) is 3.15. The van der Waals surface area contributed by atoms with Crippen molar-refractivity contribution < 1.29 is 0 Å². The molecule has 0 aliphatic carbocycles. The van der Waals surface area contributed by atoms with Gasteiger partial charge in [0, 0.05) is 29.5 Å². The summed E-state index contributed by atoms with van der Waals surface area (Å²) < 4.78 is 2.29. The van der Waals surface area contributed by atoms with Gasteiger partial charge in [-0.25, -0.2) is 4.68 Å². The van der Waals surface area contributed by atoms with Crippen LogP contribution in [0.25, 0.3) is 0 Å². The van der Waals surface area contributed by atoms with E-state index in [2.05, 4.69) is 31.3 Å². The molecule has 0 aliphatic heterocycles. The van der Waals surface area contributed by atoms with Gasteiger partial charge in [-0.1, -0.05) is 0 Å². The smallest absolute Gasteiger partial charge is 0.269 e. The molecule has 0 unspecified atom stereocenters. The lowest BCUT2D eigenvalue weighted by Crippen LogP contribution is -2.23. The molecule has 0 atom stereocenters. The molecule has 2 rings (SSSR count). The monoisotopic (exact) mass is 308 g/mol. The first kappa shape index (κ1) is 12.8. The Hall–Kier alpha value is -1.69. The van der Waals surface area contributed by atoms with Crippen LogP contribution in [0.5, 0.6) is 0 Å². The zero-order valence-corrected chi connectivity index (χ0v) is 11.5. The number of hydrogen-bond acceptors (Lipinski definition) is 4. The van der Waals surface area contributed by atoms with E-state index in [0.717, 1.165) is 22.3 Å². The van der Waals surface area contributed by atoms with Gasteiger partial charge in [0.1, 0.15) is 0 Å². The van der Waals surface area contributed by atoms with Gasteiger partial charge in [0.05, 0.1) is 18.4 Å². The van der Waals surface area contributed by atoms with Gasteiger partial charge < -0.3 is 5.32 Å². The fourth-order valence-electron chi connectivity index (χ4n) is 1.57. The second kappa shape index (κ2) is 5.77. The summed E-state index contributed by atoms with van der Waals surface area (Å²) in [5, 5.41) is 7.17. The maximum atomic E-state index is 11.8. The Morgan fingerprint density at radius 1 is 1.33 bits per heavy atom. The Morgan fingerprint density at radius 2 is 2.17 bits per heavy atom. The molecule has 0 aliphatic rings. The molecule has 0 saturated carbocycles. The molecule has 0 aromatic carbocycles. The first-order chi connectivity index (χ1) is 8.69. The highest BCUT2D eigenvalue weighted by molar-refractivity contribution is 9.10. The molecule has 0 amide bonds. The van der Waals surface area contributed by atoms with Gasteiger partial charge in [-0.3, -0.25) is 9.78 Å². The zero-order valence-electron chi connectivity index (χ0n) is 9.93. The number of pyridine rings is 1. The van der Waals surface area contributed by atoms with Crippen molar-refractivity contribution in [3.63, 3.8) is 0 Å². The number of hydrogen-bond donors (Lipinski definition) is 1. The highest BCUT2D eigenvalue weighted by atomic mass is 79.9. The molecule has 2 heterocycles. The predicted molar refractivity (Wildman–Crippen MR) is 73.7 cm³/mol. The lowest BCUT2D eigenvalue weighted by molar-refractivity contribution is 0.638. The Bertz CT molecular complexity index is 597. The van der Waals surface area contributed by atoms with E-state index in [1.54, 1.807) is 24.7 Å². The Morgan fingerprint density at radius 3 is 2.83 bits per heavy atom. The van der Waals surface area contributed by atoms with E-state index in [1.807, 2.05) is 13.0 Å². The van der Waals surface area contributed by atoms with E-state index in [1.165, 1.54) is 4.68 Å². The lowest BCUT2D eigenvalue weighted by Gasteiger charge is -2.06. The van der Waals surface area contributed by atoms with Crippen LogP contribution >= 0.6 is 15.9 Å². The fraction of sp³-hybridized carbons (Fsp3) is 0.250. The molecule has 0 bridgehead atoms. The molecule has 5 nitrogen and oxygen atoms in total. The molecular weight excluding hydrogens is 296 g/mol. The van der Waals surface area contributed by atoms with Crippen LogP contribution in [0.15, 0.2) is 40.0 Å². The van der Waals surface area contributed by atoms with E-state index in [-0.39, 0.29) is 5.56 Å². The molecule has 0 saturated heterocycles. The van der Waals surface area contributed by atoms with E-state index >= 15 is 0 Å². The second-order valence-electron chi connectivity index (χ2n) is 3.78. The summed E-state index contributed by atoms with van der Waals surface area (Å²) >= 11 is 3.35. The molecule has 0 radical (unpaired) electrons. The zero-order chi connectivity index (χ0) is 13.0. The van der Waals surface area contributed by atoms with Crippen LogP contribution in [0.1, 0.15) is 12.5 Å². The first-order valence-corrected chi connectivity index (χ1v) is 6.39. The summed E-state index contributed by atoms with van der Waals surface area (Å²) in [6, 6.07) is 3.46. The van der Waals surface area contributed by atoms with Crippen molar-refractivity contribution in [2.45, 2.75) is 13.5 Å². The van der Waals surface area contributed by atoms with Crippen molar-refractivity contribution in [1.29, 1.82) is 0 Å². The highest BCUT2D eigenvalue weighted by Gasteiger charge is 2.02.